The molecule has 108 valence electrons. The number of amides is 1. The van der Waals surface area contributed by atoms with E-state index in [1.807, 2.05) is 11.9 Å². The van der Waals surface area contributed by atoms with E-state index in [4.69, 9.17) is 0 Å². The molecule has 1 saturated carbocycles. The van der Waals surface area contributed by atoms with Crippen LogP contribution < -0.4 is 4.90 Å². The van der Waals surface area contributed by atoms with Crippen molar-refractivity contribution < 1.29 is 4.79 Å². The normalized spacial score (nSPS) is 31.7. The first kappa shape index (κ1) is 13.5. The van der Waals surface area contributed by atoms with Crippen molar-refractivity contribution in [2.75, 3.05) is 19.0 Å². The van der Waals surface area contributed by atoms with Crippen LogP contribution in [0.25, 0.3) is 0 Å². The molecule has 0 aromatic heterocycles. The van der Waals surface area contributed by atoms with E-state index in [1.165, 1.54) is 24.1 Å². The number of carbonyl (C=O) groups is 1. The molecule has 0 N–H and O–H groups in total. The van der Waals surface area contributed by atoms with Crippen LogP contribution in [0.4, 0.5) is 5.69 Å². The molecule has 20 heavy (non-hydrogen) atoms. The summed E-state index contributed by atoms with van der Waals surface area (Å²) in [5, 5.41) is 0. The van der Waals surface area contributed by atoms with E-state index >= 15 is 0 Å². The van der Waals surface area contributed by atoms with Gasteiger partial charge in [0.05, 0.1) is 0 Å². The lowest BCUT2D eigenvalue weighted by Gasteiger charge is -2.48. The van der Waals surface area contributed by atoms with Crippen molar-refractivity contribution in [1.29, 1.82) is 0 Å². The summed E-state index contributed by atoms with van der Waals surface area (Å²) < 4.78 is 0. The summed E-state index contributed by atoms with van der Waals surface area (Å²) in [4.78, 5) is 16.3. The summed E-state index contributed by atoms with van der Waals surface area (Å²) in [6, 6.07) is 9.49. The number of para-hydroxylation sites is 1. The van der Waals surface area contributed by atoms with Gasteiger partial charge in [0.25, 0.3) is 0 Å². The fourth-order valence-corrected chi connectivity index (χ4v) is 4.50. The van der Waals surface area contributed by atoms with Crippen LogP contribution in [0.1, 0.15) is 38.7 Å². The number of nitrogens with zero attached hydrogens (tertiary/aromatic N) is 2. The summed E-state index contributed by atoms with van der Waals surface area (Å²) in [6.45, 7) is 4.03. The maximum absolute atomic E-state index is 11.9. The summed E-state index contributed by atoms with van der Waals surface area (Å²) in [6.07, 6.45) is 3.51. The highest BCUT2D eigenvalue weighted by Crippen LogP contribution is 2.52. The van der Waals surface area contributed by atoms with E-state index in [-0.39, 0.29) is 11.3 Å². The average molecular weight is 272 g/mol. The first-order chi connectivity index (χ1) is 9.48. The molecule has 0 unspecified atom stereocenters. The molecule has 1 aliphatic heterocycles. The Bertz CT molecular complexity index is 542. The van der Waals surface area contributed by atoms with Crippen LogP contribution >= 0.6 is 0 Å². The molecule has 0 spiro atoms. The van der Waals surface area contributed by atoms with Gasteiger partial charge in [-0.05, 0) is 30.9 Å². The average Bonchev–Trinajstić information content (AvgIpc) is 2.67. The van der Waals surface area contributed by atoms with Crippen molar-refractivity contribution in [3.05, 3.63) is 29.8 Å². The Kier molecular flexibility index (Phi) is 3.03. The van der Waals surface area contributed by atoms with E-state index in [0.29, 0.717) is 12.1 Å². The number of rotatable bonds is 1. The molecule has 1 aliphatic carbocycles. The number of hydrogen-bond donors (Lipinski definition) is 0. The Morgan fingerprint density at radius 3 is 2.75 bits per heavy atom. The minimum Gasteiger partial charge on any atom is -0.370 e. The SMILES string of the molecule is CC(=O)N(C)[C@@H]1CCC[C@H]2N(C)c3ccccc3[C@]12C. The molecule has 0 radical (unpaired) electrons. The van der Waals surface area contributed by atoms with Crippen LogP contribution in [0.15, 0.2) is 24.3 Å². The summed E-state index contributed by atoms with van der Waals surface area (Å²) in [5.74, 6) is 0.170. The van der Waals surface area contributed by atoms with Crippen LogP contribution in [0.5, 0.6) is 0 Å². The van der Waals surface area contributed by atoms with Crippen molar-refractivity contribution in [1.82, 2.24) is 4.90 Å². The second-order valence-corrected chi connectivity index (χ2v) is 6.50. The Morgan fingerprint density at radius 2 is 2.05 bits per heavy atom. The van der Waals surface area contributed by atoms with Gasteiger partial charge in [0.1, 0.15) is 0 Å². The Balaban J connectivity index is 2.12. The molecule has 1 fully saturated rings. The molecule has 1 aromatic carbocycles. The van der Waals surface area contributed by atoms with Crippen LogP contribution in [0.2, 0.25) is 0 Å². The van der Waals surface area contributed by atoms with Crippen LogP contribution in [-0.2, 0) is 10.2 Å². The lowest BCUT2D eigenvalue weighted by atomic mass is 9.65. The molecule has 2 aliphatic rings. The van der Waals surface area contributed by atoms with Gasteiger partial charge in [0, 0.05) is 44.2 Å². The Hall–Kier alpha value is -1.51. The zero-order valence-electron chi connectivity index (χ0n) is 12.9. The predicted molar refractivity (Wildman–Crippen MR) is 82.1 cm³/mol. The molecule has 3 atom stereocenters. The largest absolute Gasteiger partial charge is 0.370 e. The molecule has 0 saturated heterocycles. The van der Waals surface area contributed by atoms with Crippen molar-refractivity contribution in [2.24, 2.45) is 0 Å². The highest BCUT2D eigenvalue weighted by molar-refractivity contribution is 5.74. The summed E-state index contributed by atoms with van der Waals surface area (Å²) in [5.41, 5.74) is 2.79. The zero-order valence-corrected chi connectivity index (χ0v) is 12.9. The van der Waals surface area contributed by atoms with Crippen LogP contribution in [0.3, 0.4) is 0 Å². The van der Waals surface area contributed by atoms with Crippen molar-refractivity contribution in [2.45, 2.75) is 50.6 Å². The predicted octanol–water partition coefficient (Wildman–Crippen LogP) is 2.79. The van der Waals surface area contributed by atoms with Gasteiger partial charge in [-0.2, -0.15) is 0 Å². The zero-order chi connectivity index (χ0) is 14.5. The molecule has 1 aromatic rings. The smallest absolute Gasteiger partial charge is 0.219 e. The van der Waals surface area contributed by atoms with E-state index in [0.717, 1.165) is 6.42 Å². The van der Waals surface area contributed by atoms with Gasteiger partial charge < -0.3 is 9.80 Å². The lowest BCUT2D eigenvalue weighted by molar-refractivity contribution is -0.131. The van der Waals surface area contributed by atoms with Crippen LogP contribution in [-0.4, -0.2) is 37.0 Å². The minimum atomic E-state index is 0.0456. The molecule has 3 nitrogen and oxygen atoms in total. The molecule has 1 heterocycles. The molecular weight excluding hydrogens is 248 g/mol. The standard InChI is InChI=1S/C17H24N2O/c1-12(20)18(3)15-10-7-11-16-17(15,2)13-8-5-6-9-14(13)19(16)4/h5-6,8-9,15-16H,7,10-11H2,1-4H3/t15-,16-,17-/m1/s1. The first-order valence-corrected chi connectivity index (χ1v) is 7.53. The number of carbonyl (C=O) groups excluding carboxylic acids is 1. The van der Waals surface area contributed by atoms with Crippen molar-refractivity contribution >= 4 is 11.6 Å². The summed E-state index contributed by atoms with van der Waals surface area (Å²) >= 11 is 0. The second kappa shape index (κ2) is 4.51. The Morgan fingerprint density at radius 1 is 1.35 bits per heavy atom. The van der Waals surface area contributed by atoms with E-state index in [9.17, 15) is 4.79 Å². The van der Waals surface area contributed by atoms with E-state index < -0.39 is 0 Å². The number of fused-ring (bicyclic) bond motifs is 3. The van der Waals surface area contributed by atoms with Gasteiger partial charge in [-0.1, -0.05) is 25.1 Å². The number of benzene rings is 1. The van der Waals surface area contributed by atoms with Crippen LogP contribution in [0, 0.1) is 0 Å². The highest BCUT2D eigenvalue weighted by atomic mass is 16.2. The van der Waals surface area contributed by atoms with Crippen molar-refractivity contribution in [3.63, 3.8) is 0 Å². The summed E-state index contributed by atoms with van der Waals surface area (Å²) in [7, 11) is 4.16. The number of anilines is 1. The number of hydrogen-bond acceptors (Lipinski definition) is 2. The van der Waals surface area contributed by atoms with E-state index in [1.54, 1.807) is 6.92 Å². The number of likely N-dealkylation sites (N-methyl/N-ethyl adjacent to an activating group) is 2. The maximum atomic E-state index is 11.9. The van der Waals surface area contributed by atoms with Gasteiger partial charge in [0.15, 0.2) is 0 Å². The van der Waals surface area contributed by atoms with Crippen molar-refractivity contribution in [3.8, 4) is 0 Å². The van der Waals surface area contributed by atoms with Gasteiger partial charge in [-0.25, -0.2) is 0 Å². The third-order valence-corrected chi connectivity index (χ3v) is 5.64. The first-order valence-electron chi connectivity index (χ1n) is 7.53. The van der Waals surface area contributed by atoms with E-state index in [2.05, 4.69) is 43.1 Å². The second-order valence-electron chi connectivity index (χ2n) is 6.50. The topological polar surface area (TPSA) is 23.6 Å². The van der Waals surface area contributed by atoms with Gasteiger partial charge in [-0.15, -0.1) is 0 Å². The third-order valence-electron chi connectivity index (χ3n) is 5.64. The quantitative estimate of drug-likeness (QED) is 0.785. The fraction of sp³-hybridized carbons (Fsp3) is 0.588. The highest BCUT2D eigenvalue weighted by Gasteiger charge is 2.54. The minimum absolute atomic E-state index is 0.0456. The Labute approximate surface area is 121 Å². The third kappa shape index (κ3) is 1.62. The lowest BCUT2D eigenvalue weighted by Crippen LogP contribution is -2.58. The molecule has 1 amide bonds. The molecule has 0 bridgehead atoms. The van der Waals surface area contributed by atoms with Gasteiger partial charge in [-0.3, -0.25) is 4.79 Å². The monoisotopic (exact) mass is 272 g/mol. The fourth-order valence-electron chi connectivity index (χ4n) is 4.50. The van der Waals surface area contributed by atoms with Gasteiger partial charge >= 0.3 is 0 Å². The molecule has 3 rings (SSSR count). The molecule has 3 heteroatoms. The maximum Gasteiger partial charge on any atom is 0.219 e. The van der Waals surface area contributed by atoms with Gasteiger partial charge in [0.2, 0.25) is 5.91 Å². The molecular formula is C17H24N2O.